The predicted molar refractivity (Wildman–Crippen MR) is 85.9 cm³/mol. The van der Waals surface area contributed by atoms with Crippen molar-refractivity contribution >= 4 is 39.9 Å². The lowest BCUT2D eigenvalue weighted by molar-refractivity contribution is 1.50. The van der Waals surface area contributed by atoms with Gasteiger partial charge in [-0.25, -0.2) is 0 Å². The van der Waals surface area contributed by atoms with E-state index in [4.69, 9.17) is 0 Å². The van der Waals surface area contributed by atoms with Crippen LogP contribution in [-0.4, -0.2) is 23.5 Å². The quantitative estimate of drug-likeness (QED) is 0.524. The van der Waals surface area contributed by atoms with Crippen molar-refractivity contribution in [1.29, 1.82) is 0 Å². The number of rotatable bonds is 1. The van der Waals surface area contributed by atoms with Crippen LogP contribution in [0, 0.1) is 13.8 Å². The second kappa shape index (κ2) is 4.48. The molecule has 0 N–H and O–H groups in total. The van der Waals surface area contributed by atoms with Crippen LogP contribution in [0.2, 0.25) is 0 Å². The SMILES string of the molecule is Bc1cc(-c2ccc(C)c(B)c2B)ccc1C. The van der Waals surface area contributed by atoms with E-state index < -0.39 is 0 Å². The van der Waals surface area contributed by atoms with Crippen molar-refractivity contribution < 1.29 is 0 Å². The summed E-state index contributed by atoms with van der Waals surface area (Å²) in [5, 5.41) is 0. The van der Waals surface area contributed by atoms with Gasteiger partial charge in [0.05, 0.1) is 0 Å². The number of hydrogen-bond acceptors (Lipinski definition) is 0. The first-order chi connectivity index (χ1) is 8.00. The fraction of sp³-hybridized carbons (Fsp3) is 0.143. The van der Waals surface area contributed by atoms with Gasteiger partial charge in [-0.1, -0.05) is 57.8 Å². The summed E-state index contributed by atoms with van der Waals surface area (Å²) in [6, 6.07) is 11.2. The second-order valence-electron chi connectivity index (χ2n) is 4.98. The van der Waals surface area contributed by atoms with Crippen molar-refractivity contribution in [1.82, 2.24) is 0 Å². The van der Waals surface area contributed by atoms with Crippen LogP contribution < -0.4 is 16.4 Å². The molecule has 0 aromatic heterocycles. The Morgan fingerprint density at radius 3 is 2.06 bits per heavy atom. The molecule has 0 aliphatic heterocycles. The number of benzene rings is 2. The van der Waals surface area contributed by atoms with E-state index in [1.807, 2.05) is 0 Å². The maximum Gasteiger partial charge on any atom is 0.139 e. The molecule has 0 heterocycles. The summed E-state index contributed by atoms with van der Waals surface area (Å²) >= 11 is 0. The average molecular weight is 218 g/mol. The molecule has 2 aromatic carbocycles. The van der Waals surface area contributed by atoms with Gasteiger partial charge in [0.1, 0.15) is 23.5 Å². The molecule has 0 unspecified atom stereocenters. The van der Waals surface area contributed by atoms with Crippen molar-refractivity contribution in [2.75, 3.05) is 0 Å². The van der Waals surface area contributed by atoms with E-state index in [2.05, 4.69) is 67.7 Å². The van der Waals surface area contributed by atoms with Gasteiger partial charge in [0.15, 0.2) is 0 Å². The van der Waals surface area contributed by atoms with Crippen LogP contribution in [-0.2, 0) is 0 Å². The van der Waals surface area contributed by atoms with Crippen molar-refractivity contribution in [3.05, 3.63) is 41.5 Å². The smallest absolute Gasteiger partial charge is 0.0917 e. The highest BCUT2D eigenvalue weighted by atomic mass is 14.1. The fourth-order valence-corrected chi connectivity index (χ4v) is 2.18. The molecule has 3 heteroatoms. The molecule has 0 fully saturated rings. The zero-order valence-electron chi connectivity index (χ0n) is 11.4. The Labute approximate surface area is 107 Å². The Morgan fingerprint density at radius 2 is 1.41 bits per heavy atom. The first-order valence-corrected chi connectivity index (χ1v) is 6.15. The first kappa shape index (κ1) is 12.1. The Bertz CT molecular complexity index is 574. The van der Waals surface area contributed by atoms with E-state index in [9.17, 15) is 0 Å². The van der Waals surface area contributed by atoms with Crippen LogP contribution in [0.3, 0.4) is 0 Å². The van der Waals surface area contributed by atoms with Crippen molar-refractivity contribution in [2.45, 2.75) is 13.8 Å². The van der Waals surface area contributed by atoms with E-state index in [1.165, 1.54) is 38.6 Å². The topological polar surface area (TPSA) is 0 Å². The normalized spacial score (nSPS) is 10.5. The van der Waals surface area contributed by atoms with Gasteiger partial charge in [-0.05, 0) is 25.0 Å². The lowest BCUT2D eigenvalue weighted by atomic mass is 9.73. The molecule has 0 bridgehead atoms. The minimum absolute atomic E-state index is 1.33. The minimum atomic E-state index is 1.33. The standard InChI is InChI=1S/C14H17B3/c1-8-3-5-10(7-12(8)15)11-6-4-9(2)13(16)14(11)17/h3-7H,15-17H2,1-2H3. The Hall–Kier alpha value is -1.37. The molecule has 0 aliphatic carbocycles. The van der Waals surface area contributed by atoms with Gasteiger partial charge in [0, 0.05) is 0 Å². The summed E-state index contributed by atoms with van der Waals surface area (Å²) in [7, 11) is 6.59. The maximum atomic E-state index is 2.28. The third kappa shape index (κ3) is 2.19. The zero-order chi connectivity index (χ0) is 12.6. The summed E-state index contributed by atoms with van der Waals surface area (Å²) in [5.74, 6) is 0. The molecule has 0 radical (unpaired) electrons. The summed E-state index contributed by atoms with van der Waals surface area (Å²) < 4.78 is 0. The highest BCUT2D eigenvalue weighted by molar-refractivity contribution is 6.51. The molecule has 0 saturated carbocycles. The Balaban J connectivity index is 2.61. The summed E-state index contributed by atoms with van der Waals surface area (Å²) in [4.78, 5) is 0. The van der Waals surface area contributed by atoms with Gasteiger partial charge in [-0.2, -0.15) is 0 Å². The minimum Gasteiger partial charge on any atom is -0.0917 e. The van der Waals surface area contributed by atoms with Crippen molar-refractivity contribution in [3.63, 3.8) is 0 Å². The molecule has 82 valence electrons. The largest absolute Gasteiger partial charge is 0.139 e. The van der Waals surface area contributed by atoms with Crippen LogP contribution in [0.25, 0.3) is 11.1 Å². The van der Waals surface area contributed by atoms with Crippen molar-refractivity contribution in [3.8, 4) is 11.1 Å². The lowest BCUT2D eigenvalue weighted by Crippen LogP contribution is -2.30. The van der Waals surface area contributed by atoms with Crippen LogP contribution in [0.5, 0.6) is 0 Å². The third-order valence-corrected chi connectivity index (χ3v) is 3.88. The second-order valence-corrected chi connectivity index (χ2v) is 4.98. The van der Waals surface area contributed by atoms with Gasteiger partial charge < -0.3 is 0 Å². The molecule has 2 rings (SSSR count). The van der Waals surface area contributed by atoms with Gasteiger partial charge in [0.25, 0.3) is 0 Å². The molecular weight excluding hydrogens is 201 g/mol. The number of aryl methyl sites for hydroxylation is 2. The van der Waals surface area contributed by atoms with Crippen molar-refractivity contribution in [2.24, 2.45) is 0 Å². The molecule has 0 spiro atoms. The van der Waals surface area contributed by atoms with E-state index in [0.29, 0.717) is 0 Å². The van der Waals surface area contributed by atoms with E-state index in [-0.39, 0.29) is 0 Å². The van der Waals surface area contributed by atoms with Crippen LogP contribution in [0.1, 0.15) is 11.1 Å². The molecule has 0 nitrogen and oxygen atoms in total. The molecule has 0 aliphatic rings. The Kier molecular flexibility index (Phi) is 3.19. The highest BCUT2D eigenvalue weighted by Crippen LogP contribution is 2.16. The first-order valence-electron chi connectivity index (χ1n) is 6.15. The molecule has 0 saturated heterocycles. The molecular formula is C14H17B3. The third-order valence-electron chi connectivity index (χ3n) is 3.88. The fourth-order valence-electron chi connectivity index (χ4n) is 2.18. The predicted octanol–water partition coefficient (Wildman–Crippen LogP) is -1.25. The zero-order valence-corrected chi connectivity index (χ0v) is 11.4. The highest BCUT2D eigenvalue weighted by Gasteiger charge is 2.06. The molecule has 2 aromatic rings. The van der Waals surface area contributed by atoms with Gasteiger partial charge in [-0.15, -0.1) is 0 Å². The molecule has 0 atom stereocenters. The van der Waals surface area contributed by atoms with Gasteiger partial charge >= 0.3 is 0 Å². The lowest BCUT2D eigenvalue weighted by Gasteiger charge is -2.13. The van der Waals surface area contributed by atoms with E-state index >= 15 is 0 Å². The molecule has 0 amide bonds. The maximum absolute atomic E-state index is 2.28. The summed E-state index contributed by atoms with van der Waals surface area (Å²) in [6.07, 6.45) is 0. The van der Waals surface area contributed by atoms with Gasteiger partial charge in [-0.3, -0.25) is 0 Å². The summed E-state index contributed by atoms with van der Waals surface area (Å²) in [5.41, 5.74) is 9.57. The average Bonchev–Trinajstić information content (AvgIpc) is 2.30. The van der Waals surface area contributed by atoms with Crippen LogP contribution >= 0.6 is 0 Å². The number of hydrogen-bond donors (Lipinski definition) is 0. The summed E-state index contributed by atoms with van der Waals surface area (Å²) in [6.45, 7) is 4.33. The van der Waals surface area contributed by atoms with Crippen LogP contribution in [0.15, 0.2) is 30.3 Å². The Morgan fingerprint density at radius 1 is 0.765 bits per heavy atom. The van der Waals surface area contributed by atoms with E-state index in [0.717, 1.165) is 0 Å². The molecule has 17 heavy (non-hydrogen) atoms. The van der Waals surface area contributed by atoms with E-state index in [1.54, 1.807) is 0 Å². The van der Waals surface area contributed by atoms with Crippen LogP contribution in [0.4, 0.5) is 0 Å². The van der Waals surface area contributed by atoms with Gasteiger partial charge in [0.2, 0.25) is 0 Å². The monoisotopic (exact) mass is 218 g/mol.